The van der Waals surface area contributed by atoms with Gasteiger partial charge in [0.25, 0.3) is 0 Å². The van der Waals surface area contributed by atoms with Crippen LogP contribution >= 0.6 is 11.6 Å². The lowest BCUT2D eigenvalue weighted by molar-refractivity contribution is 0.0323. The van der Waals surface area contributed by atoms with Crippen molar-refractivity contribution in [2.24, 2.45) is 0 Å². The monoisotopic (exact) mass is 299 g/mol. The molecule has 0 saturated carbocycles. The molecular weight excluding hydrogens is 278 g/mol. The lowest BCUT2D eigenvalue weighted by Gasteiger charge is -2.26. The van der Waals surface area contributed by atoms with Crippen molar-refractivity contribution in [2.45, 2.75) is 38.8 Å². The van der Waals surface area contributed by atoms with Gasteiger partial charge in [-0.3, -0.25) is 0 Å². The number of aliphatic hydroxyl groups is 1. The molecule has 20 heavy (non-hydrogen) atoms. The van der Waals surface area contributed by atoms with Gasteiger partial charge in [0, 0.05) is 13.1 Å². The number of hydrogen-bond acceptors (Lipinski definition) is 4. The van der Waals surface area contributed by atoms with E-state index in [-0.39, 0.29) is 0 Å². The highest BCUT2D eigenvalue weighted by Crippen LogP contribution is 2.38. The van der Waals surface area contributed by atoms with Gasteiger partial charge in [0.2, 0.25) is 0 Å². The van der Waals surface area contributed by atoms with Gasteiger partial charge >= 0.3 is 0 Å². The first-order valence-electron chi connectivity index (χ1n) is 7.09. The summed E-state index contributed by atoms with van der Waals surface area (Å²) >= 11 is 6.19. The Morgan fingerprint density at radius 3 is 2.65 bits per heavy atom. The van der Waals surface area contributed by atoms with Gasteiger partial charge in [-0.15, -0.1) is 0 Å². The second-order valence-corrected chi connectivity index (χ2v) is 5.54. The zero-order valence-electron chi connectivity index (χ0n) is 12.0. The average Bonchev–Trinajstić information content (AvgIpc) is 2.47. The van der Waals surface area contributed by atoms with E-state index in [0.29, 0.717) is 42.8 Å². The number of rotatable bonds is 6. The quantitative estimate of drug-likeness (QED) is 0.848. The van der Waals surface area contributed by atoms with Gasteiger partial charge in [-0.1, -0.05) is 25.4 Å². The van der Waals surface area contributed by atoms with E-state index in [4.69, 9.17) is 21.1 Å². The fourth-order valence-electron chi connectivity index (χ4n) is 2.21. The molecule has 0 saturated heterocycles. The molecule has 0 aliphatic carbocycles. The molecule has 2 rings (SSSR count). The first-order valence-corrected chi connectivity index (χ1v) is 7.47. The van der Waals surface area contributed by atoms with Crippen molar-refractivity contribution in [3.63, 3.8) is 0 Å². The molecule has 1 aliphatic rings. The van der Waals surface area contributed by atoms with Gasteiger partial charge in [0.05, 0.1) is 10.6 Å². The minimum atomic E-state index is -0.641. The number of nitrogens with one attached hydrogen (secondary N) is 1. The van der Waals surface area contributed by atoms with Gasteiger partial charge in [-0.2, -0.15) is 0 Å². The third kappa shape index (κ3) is 3.57. The first-order chi connectivity index (χ1) is 9.58. The minimum Gasteiger partial charge on any atom is -0.486 e. The maximum Gasteiger partial charge on any atom is 0.179 e. The van der Waals surface area contributed by atoms with Crippen molar-refractivity contribution in [3.8, 4) is 11.5 Å². The number of fused-ring (bicyclic) bond motifs is 1. The molecule has 0 amide bonds. The zero-order chi connectivity index (χ0) is 14.6. The molecule has 2 N–H and O–H groups in total. The van der Waals surface area contributed by atoms with E-state index >= 15 is 0 Å². The third-order valence-corrected chi connectivity index (χ3v) is 4.04. The van der Waals surface area contributed by atoms with E-state index < -0.39 is 5.60 Å². The fourth-order valence-corrected chi connectivity index (χ4v) is 2.49. The third-order valence-electron chi connectivity index (χ3n) is 3.76. The topological polar surface area (TPSA) is 50.7 Å². The molecule has 0 aromatic heterocycles. The minimum absolute atomic E-state index is 0.532. The molecule has 1 aromatic rings. The summed E-state index contributed by atoms with van der Waals surface area (Å²) in [5, 5.41) is 14.1. The molecule has 0 unspecified atom stereocenters. The lowest BCUT2D eigenvalue weighted by Crippen LogP contribution is -2.39. The Bertz CT molecular complexity index is 461. The normalized spacial score (nSPS) is 14.4. The van der Waals surface area contributed by atoms with E-state index in [1.54, 1.807) is 0 Å². The Morgan fingerprint density at radius 2 is 1.95 bits per heavy atom. The summed E-state index contributed by atoms with van der Waals surface area (Å²) < 4.78 is 11.0. The van der Waals surface area contributed by atoms with Crippen molar-refractivity contribution in [1.29, 1.82) is 0 Å². The zero-order valence-corrected chi connectivity index (χ0v) is 12.8. The number of halogens is 1. The Morgan fingerprint density at radius 1 is 1.25 bits per heavy atom. The second-order valence-electron chi connectivity index (χ2n) is 5.14. The second kappa shape index (κ2) is 6.66. The van der Waals surface area contributed by atoms with Crippen molar-refractivity contribution < 1.29 is 14.6 Å². The first kappa shape index (κ1) is 15.4. The predicted molar refractivity (Wildman–Crippen MR) is 79.7 cm³/mol. The van der Waals surface area contributed by atoms with Crippen LogP contribution in [0.5, 0.6) is 11.5 Å². The number of hydrogen-bond donors (Lipinski definition) is 2. The fraction of sp³-hybridized carbons (Fsp3) is 0.600. The summed E-state index contributed by atoms with van der Waals surface area (Å²) in [7, 11) is 0. The largest absolute Gasteiger partial charge is 0.486 e. The van der Waals surface area contributed by atoms with Crippen LogP contribution in [0.25, 0.3) is 0 Å². The molecule has 0 fully saturated rings. The smallest absolute Gasteiger partial charge is 0.179 e. The van der Waals surface area contributed by atoms with Crippen LogP contribution in [0.15, 0.2) is 12.1 Å². The average molecular weight is 300 g/mol. The van der Waals surface area contributed by atoms with Crippen LogP contribution in [-0.4, -0.2) is 30.5 Å². The van der Waals surface area contributed by atoms with Gasteiger partial charge in [-0.05, 0) is 30.5 Å². The summed E-state index contributed by atoms with van der Waals surface area (Å²) in [5.74, 6) is 1.32. The molecule has 1 heterocycles. The van der Waals surface area contributed by atoms with E-state index in [1.807, 2.05) is 26.0 Å². The molecule has 1 aliphatic heterocycles. The Hall–Kier alpha value is -0.970. The highest BCUT2D eigenvalue weighted by molar-refractivity contribution is 6.32. The predicted octanol–water partition coefficient (Wildman–Crippen LogP) is 2.75. The van der Waals surface area contributed by atoms with E-state index in [9.17, 15) is 5.11 Å². The highest BCUT2D eigenvalue weighted by atomic mass is 35.5. The lowest BCUT2D eigenvalue weighted by atomic mass is 9.97. The van der Waals surface area contributed by atoms with E-state index in [0.717, 1.165) is 18.4 Å². The molecule has 0 spiro atoms. The van der Waals surface area contributed by atoms with Crippen LogP contribution < -0.4 is 14.8 Å². The molecule has 0 radical (unpaired) electrons. The van der Waals surface area contributed by atoms with Gasteiger partial charge in [-0.25, -0.2) is 0 Å². The maximum atomic E-state index is 10.2. The summed E-state index contributed by atoms with van der Waals surface area (Å²) in [4.78, 5) is 0. The molecule has 5 heteroatoms. The van der Waals surface area contributed by atoms with Crippen LogP contribution in [-0.2, 0) is 6.54 Å². The molecule has 0 bridgehead atoms. The molecule has 1 aromatic carbocycles. The number of benzene rings is 1. The Balaban J connectivity index is 1.98. The molecule has 112 valence electrons. The van der Waals surface area contributed by atoms with Crippen LogP contribution in [0.4, 0.5) is 0 Å². The van der Waals surface area contributed by atoms with Crippen molar-refractivity contribution in [2.75, 3.05) is 19.8 Å². The van der Waals surface area contributed by atoms with Gasteiger partial charge < -0.3 is 19.9 Å². The Labute approximate surface area is 125 Å². The van der Waals surface area contributed by atoms with Crippen LogP contribution in [0.2, 0.25) is 5.02 Å². The highest BCUT2D eigenvalue weighted by Gasteiger charge is 2.21. The molecule has 0 atom stereocenters. The van der Waals surface area contributed by atoms with E-state index in [1.165, 1.54) is 0 Å². The Kier molecular flexibility index (Phi) is 5.13. The summed E-state index contributed by atoms with van der Waals surface area (Å²) in [6.07, 6.45) is 1.47. The molecular formula is C15H22ClNO3. The standard InChI is InChI=1S/C15H22ClNO3/c1-3-15(18,4-2)10-17-9-11-7-12(16)14-13(8-11)19-5-6-20-14/h7-8,17-18H,3-6,9-10H2,1-2H3. The summed E-state index contributed by atoms with van der Waals surface area (Å²) in [6.45, 7) is 6.26. The van der Waals surface area contributed by atoms with Gasteiger partial charge in [0.1, 0.15) is 13.2 Å². The van der Waals surface area contributed by atoms with Crippen molar-refractivity contribution in [1.82, 2.24) is 5.32 Å². The summed E-state index contributed by atoms with van der Waals surface area (Å²) in [5.41, 5.74) is 0.381. The number of ether oxygens (including phenoxy) is 2. The van der Waals surface area contributed by atoms with Crippen LogP contribution in [0.1, 0.15) is 32.3 Å². The van der Waals surface area contributed by atoms with Crippen LogP contribution in [0, 0.1) is 0 Å². The van der Waals surface area contributed by atoms with Crippen molar-refractivity contribution >= 4 is 11.6 Å². The van der Waals surface area contributed by atoms with Crippen molar-refractivity contribution in [3.05, 3.63) is 22.7 Å². The van der Waals surface area contributed by atoms with Gasteiger partial charge in [0.15, 0.2) is 11.5 Å². The molecule has 4 nitrogen and oxygen atoms in total. The summed E-state index contributed by atoms with van der Waals surface area (Å²) in [6, 6.07) is 3.81. The van der Waals surface area contributed by atoms with E-state index in [2.05, 4.69) is 5.32 Å². The van der Waals surface area contributed by atoms with Crippen LogP contribution in [0.3, 0.4) is 0 Å². The maximum absolute atomic E-state index is 10.2. The SMILES string of the molecule is CCC(O)(CC)CNCc1cc(Cl)c2c(c1)OCCO2.